The molecule has 1 heteroatoms. The number of terminal acetylenes is 1. The lowest BCUT2D eigenvalue weighted by molar-refractivity contribution is 0.474. The van der Waals surface area contributed by atoms with E-state index in [1.807, 2.05) is 13.0 Å². The minimum atomic E-state index is 0.230. The van der Waals surface area contributed by atoms with Gasteiger partial charge in [0.25, 0.3) is 0 Å². The summed E-state index contributed by atoms with van der Waals surface area (Å²) in [4.78, 5) is 0. The fourth-order valence-corrected chi connectivity index (χ4v) is 0.846. The molecule has 0 amide bonds. The van der Waals surface area contributed by atoms with Crippen molar-refractivity contribution in [2.24, 2.45) is 0 Å². The summed E-state index contributed by atoms with van der Waals surface area (Å²) in [5, 5.41) is 9.03. The molecule has 50 valence electrons. The summed E-state index contributed by atoms with van der Waals surface area (Å²) in [6.07, 6.45) is 5.13. The van der Waals surface area contributed by atoms with Crippen LogP contribution in [-0.4, -0.2) is 5.11 Å². The Bertz CT molecular complexity index is 261. The van der Waals surface area contributed by atoms with E-state index in [2.05, 4.69) is 5.92 Å². The highest BCUT2D eigenvalue weighted by Crippen LogP contribution is 2.13. The van der Waals surface area contributed by atoms with Crippen molar-refractivity contribution in [3.8, 4) is 18.1 Å². The highest BCUT2D eigenvalue weighted by atomic mass is 16.3. The lowest BCUT2D eigenvalue weighted by atomic mass is 10.1. The molecule has 0 fully saturated rings. The second-order valence-corrected chi connectivity index (χ2v) is 2.20. The summed E-state index contributed by atoms with van der Waals surface area (Å²) in [5.74, 6) is 2.68. The third-order valence-corrected chi connectivity index (χ3v) is 1.23. The van der Waals surface area contributed by atoms with Gasteiger partial charge in [-0.25, -0.2) is 0 Å². The van der Waals surface area contributed by atoms with E-state index in [4.69, 9.17) is 11.5 Å². The van der Waals surface area contributed by atoms with Crippen LogP contribution in [0, 0.1) is 19.3 Å². The molecule has 1 N–H and O–H groups in total. The van der Waals surface area contributed by atoms with Crippen molar-refractivity contribution in [1.29, 1.82) is 0 Å². The second-order valence-electron chi connectivity index (χ2n) is 2.20. The van der Waals surface area contributed by atoms with Crippen LogP contribution in [0.15, 0.2) is 18.2 Å². The Morgan fingerprint density at radius 1 is 1.40 bits per heavy atom. The molecule has 0 saturated heterocycles. The molecular weight excluding hydrogens is 124 g/mol. The van der Waals surface area contributed by atoms with E-state index < -0.39 is 0 Å². The number of aryl methyl sites for hydroxylation is 1. The fraction of sp³-hybridized carbons (Fsp3) is 0.111. The highest BCUT2D eigenvalue weighted by molar-refractivity contribution is 5.41. The molecule has 0 bridgehead atoms. The van der Waals surface area contributed by atoms with Crippen LogP contribution in [0.5, 0.6) is 5.75 Å². The Morgan fingerprint density at radius 2 is 2.10 bits per heavy atom. The van der Waals surface area contributed by atoms with Crippen LogP contribution in [0.4, 0.5) is 0 Å². The molecule has 0 radical (unpaired) electrons. The zero-order valence-corrected chi connectivity index (χ0v) is 5.76. The predicted molar refractivity (Wildman–Crippen MR) is 40.8 cm³/mol. The summed E-state index contributed by atoms with van der Waals surface area (Å²) < 4.78 is 0. The molecule has 0 unspecified atom stereocenters. The highest BCUT2D eigenvalue weighted by Gasteiger charge is 1.91. The Hall–Kier alpha value is -1.42. The molecule has 0 aliphatic carbocycles. The number of phenolic OH excluding ortho intramolecular Hbond substituents is 1. The predicted octanol–water partition coefficient (Wildman–Crippen LogP) is 1.68. The van der Waals surface area contributed by atoms with E-state index in [1.165, 1.54) is 0 Å². The average molecular weight is 132 g/mol. The number of phenols is 1. The van der Waals surface area contributed by atoms with Crippen molar-refractivity contribution in [2.75, 3.05) is 0 Å². The Kier molecular flexibility index (Phi) is 1.64. The molecular formula is C9H8O. The number of hydrogen-bond acceptors (Lipinski definition) is 1. The van der Waals surface area contributed by atoms with Gasteiger partial charge in [-0.05, 0) is 30.7 Å². The van der Waals surface area contributed by atoms with E-state index >= 15 is 0 Å². The third kappa shape index (κ3) is 1.29. The van der Waals surface area contributed by atoms with E-state index in [1.54, 1.807) is 12.1 Å². The third-order valence-electron chi connectivity index (χ3n) is 1.23. The van der Waals surface area contributed by atoms with Crippen LogP contribution in [0.2, 0.25) is 0 Å². The van der Waals surface area contributed by atoms with Gasteiger partial charge in [0.05, 0.1) is 0 Å². The molecule has 0 aliphatic rings. The van der Waals surface area contributed by atoms with Gasteiger partial charge in [0.2, 0.25) is 0 Å². The topological polar surface area (TPSA) is 20.2 Å². The van der Waals surface area contributed by atoms with Gasteiger partial charge in [-0.3, -0.25) is 0 Å². The molecule has 0 heterocycles. The van der Waals surface area contributed by atoms with Gasteiger partial charge >= 0.3 is 0 Å². The molecule has 10 heavy (non-hydrogen) atoms. The van der Waals surface area contributed by atoms with E-state index in [0.29, 0.717) is 0 Å². The van der Waals surface area contributed by atoms with Crippen LogP contribution in [0.25, 0.3) is 0 Å². The maximum atomic E-state index is 9.03. The van der Waals surface area contributed by atoms with Crippen molar-refractivity contribution >= 4 is 0 Å². The number of benzene rings is 1. The van der Waals surface area contributed by atoms with Crippen LogP contribution in [0.1, 0.15) is 11.1 Å². The van der Waals surface area contributed by atoms with Gasteiger partial charge in [0.15, 0.2) is 0 Å². The van der Waals surface area contributed by atoms with Gasteiger partial charge < -0.3 is 5.11 Å². The van der Waals surface area contributed by atoms with Crippen LogP contribution in [-0.2, 0) is 0 Å². The first kappa shape index (κ1) is 6.70. The van der Waals surface area contributed by atoms with Crippen molar-refractivity contribution < 1.29 is 5.11 Å². The van der Waals surface area contributed by atoms with E-state index in [-0.39, 0.29) is 5.75 Å². The second kappa shape index (κ2) is 2.45. The molecule has 0 atom stereocenters. The summed E-state index contributed by atoms with van der Waals surface area (Å²) in [6.45, 7) is 1.89. The molecule has 1 rings (SSSR count). The Morgan fingerprint density at radius 3 is 2.60 bits per heavy atom. The Balaban J connectivity index is 3.22. The van der Waals surface area contributed by atoms with Crippen molar-refractivity contribution in [1.82, 2.24) is 0 Å². The van der Waals surface area contributed by atoms with Gasteiger partial charge in [-0.15, -0.1) is 6.42 Å². The first-order chi connectivity index (χ1) is 4.72. The standard InChI is InChI=1S/C9H8O/c1-3-8-4-7(2)5-9(10)6-8/h1,4-6,10H,2H3. The first-order valence-electron chi connectivity index (χ1n) is 2.99. The number of rotatable bonds is 0. The van der Waals surface area contributed by atoms with E-state index in [0.717, 1.165) is 11.1 Å². The molecule has 0 spiro atoms. The minimum Gasteiger partial charge on any atom is -0.508 e. The summed E-state index contributed by atoms with van der Waals surface area (Å²) in [6, 6.07) is 5.08. The van der Waals surface area contributed by atoms with Crippen molar-refractivity contribution in [2.45, 2.75) is 6.92 Å². The zero-order chi connectivity index (χ0) is 7.56. The molecule has 0 aromatic heterocycles. The van der Waals surface area contributed by atoms with E-state index in [9.17, 15) is 0 Å². The maximum Gasteiger partial charge on any atom is 0.117 e. The van der Waals surface area contributed by atoms with Crippen LogP contribution < -0.4 is 0 Å². The van der Waals surface area contributed by atoms with Gasteiger partial charge in [-0.1, -0.05) is 5.92 Å². The number of hydrogen-bond donors (Lipinski definition) is 1. The van der Waals surface area contributed by atoms with Crippen LogP contribution in [0.3, 0.4) is 0 Å². The molecule has 1 aromatic carbocycles. The fourth-order valence-electron chi connectivity index (χ4n) is 0.846. The summed E-state index contributed by atoms with van der Waals surface area (Å²) >= 11 is 0. The first-order valence-corrected chi connectivity index (χ1v) is 2.99. The van der Waals surface area contributed by atoms with Crippen LogP contribution >= 0.6 is 0 Å². The molecule has 1 aromatic rings. The molecule has 0 saturated carbocycles. The molecule has 0 aliphatic heterocycles. The Labute approximate surface area is 60.3 Å². The normalized spacial score (nSPS) is 8.80. The number of aromatic hydroxyl groups is 1. The SMILES string of the molecule is C#Cc1cc(C)cc(O)c1. The van der Waals surface area contributed by atoms with Gasteiger partial charge in [0.1, 0.15) is 5.75 Å². The van der Waals surface area contributed by atoms with Gasteiger partial charge in [0, 0.05) is 5.56 Å². The van der Waals surface area contributed by atoms with Crippen molar-refractivity contribution in [3.63, 3.8) is 0 Å². The average Bonchev–Trinajstić information content (AvgIpc) is 1.85. The van der Waals surface area contributed by atoms with Crippen molar-refractivity contribution in [3.05, 3.63) is 29.3 Å². The largest absolute Gasteiger partial charge is 0.508 e. The smallest absolute Gasteiger partial charge is 0.117 e. The summed E-state index contributed by atoms with van der Waals surface area (Å²) in [5.41, 5.74) is 1.70. The maximum absolute atomic E-state index is 9.03. The monoisotopic (exact) mass is 132 g/mol. The lowest BCUT2D eigenvalue weighted by Crippen LogP contribution is -1.76. The zero-order valence-electron chi connectivity index (χ0n) is 5.76. The minimum absolute atomic E-state index is 0.230. The quantitative estimate of drug-likeness (QED) is 0.532. The molecule has 1 nitrogen and oxygen atoms in total. The van der Waals surface area contributed by atoms with Gasteiger partial charge in [-0.2, -0.15) is 0 Å². The summed E-state index contributed by atoms with van der Waals surface area (Å²) in [7, 11) is 0. The lowest BCUT2D eigenvalue weighted by Gasteiger charge is -1.95.